The van der Waals surface area contributed by atoms with Gasteiger partial charge in [-0.3, -0.25) is 9.69 Å². The highest BCUT2D eigenvalue weighted by atomic mass is 19.1. The second-order valence-corrected chi connectivity index (χ2v) is 6.20. The number of aryl methyl sites for hydroxylation is 1. The lowest BCUT2D eigenvalue weighted by Gasteiger charge is -2.23. The molecule has 2 heterocycles. The number of amides is 1. The molecule has 0 saturated carbocycles. The van der Waals surface area contributed by atoms with Crippen molar-refractivity contribution in [3.8, 4) is 0 Å². The Labute approximate surface area is 140 Å². The van der Waals surface area contributed by atoms with Crippen LogP contribution >= 0.6 is 0 Å². The van der Waals surface area contributed by atoms with Gasteiger partial charge in [0, 0.05) is 13.6 Å². The number of nitrogens with one attached hydrogen (secondary N) is 1. The van der Waals surface area contributed by atoms with Gasteiger partial charge in [-0.05, 0) is 44.0 Å². The minimum atomic E-state index is -0.242. The van der Waals surface area contributed by atoms with Crippen LogP contribution in [0.3, 0.4) is 0 Å². The molecule has 3 rings (SSSR count). The fourth-order valence-corrected chi connectivity index (χ4v) is 3.03. The van der Waals surface area contributed by atoms with E-state index in [-0.39, 0.29) is 17.8 Å². The molecule has 6 nitrogen and oxygen atoms in total. The van der Waals surface area contributed by atoms with Crippen LogP contribution in [-0.4, -0.2) is 38.2 Å². The third-order valence-corrected chi connectivity index (χ3v) is 4.57. The Kier molecular flexibility index (Phi) is 4.89. The zero-order valence-electron chi connectivity index (χ0n) is 14.0. The number of rotatable bonds is 5. The molecule has 1 fully saturated rings. The minimum absolute atomic E-state index is 0.00950. The first-order chi connectivity index (χ1) is 11.5. The fraction of sp³-hybridized carbons (Fsp3) is 0.471. The maximum absolute atomic E-state index is 13.0. The number of halogens is 1. The number of benzene rings is 1. The van der Waals surface area contributed by atoms with Gasteiger partial charge in [0.25, 0.3) is 0 Å². The van der Waals surface area contributed by atoms with Crippen LogP contribution in [0.2, 0.25) is 0 Å². The Morgan fingerprint density at radius 1 is 1.33 bits per heavy atom. The number of hydrogen-bond donors (Lipinski definition) is 1. The van der Waals surface area contributed by atoms with E-state index in [1.165, 1.54) is 12.1 Å². The van der Waals surface area contributed by atoms with E-state index in [1.54, 1.807) is 12.1 Å². The summed E-state index contributed by atoms with van der Waals surface area (Å²) in [6, 6.07) is 6.30. The van der Waals surface area contributed by atoms with Crippen LogP contribution in [0.1, 0.15) is 30.1 Å². The second-order valence-electron chi connectivity index (χ2n) is 6.20. The predicted molar refractivity (Wildman–Crippen MR) is 87.4 cm³/mol. The molecule has 1 N–H and O–H groups in total. The van der Waals surface area contributed by atoms with E-state index in [0.29, 0.717) is 13.1 Å². The average Bonchev–Trinajstić information content (AvgIpc) is 3.16. The van der Waals surface area contributed by atoms with E-state index < -0.39 is 0 Å². The SMILES string of the molecule is Cc1nnc(CNC(=O)[C@H]2CCCN2Cc2ccc(F)cc2)n1C. The van der Waals surface area contributed by atoms with E-state index in [1.807, 2.05) is 18.5 Å². The van der Waals surface area contributed by atoms with Crippen molar-refractivity contribution >= 4 is 5.91 Å². The summed E-state index contributed by atoms with van der Waals surface area (Å²) in [5.74, 6) is 1.32. The van der Waals surface area contributed by atoms with E-state index in [2.05, 4.69) is 20.4 Å². The Morgan fingerprint density at radius 3 is 2.75 bits per heavy atom. The van der Waals surface area contributed by atoms with Crippen LogP contribution in [0.5, 0.6) is 0 Å². The largest absolute Gasteiger partial charge is 0.347 e. The lowest BCUT2D eigenvalue weighted by Crippen LogP contribution is -2.42. The number of carbonyl (C=O) groups is 1. The van der Waals surface area contributed by atoms with Crippen molar-refractivity contribution in [3.05, 3.63) is 47.3 Å². The smallest absolute Gasteiger partial charge is 0.237 e. The highest BCUT2D eigenvalue weighted by molar-refractivity contribution is 5.81. The van der Waals surface area contributed by atoms with Gasteiger partial charge in [-0.2, -0.15) is 0 Å². The van der Waals surface area contributed by atoms with Crippen molar-refractivity contribution in [3.63, 3.8) is 0 Å². The summed E-state index contributed by atoms with van der Waals surface area (Å²) in [5, 5.41) is 11.0. The summed E-state index contributed by atoms with van der Waals surface area (Å²) in [6.45, 7) is 3.77. The summed E-state index contributed by atoms with van der Waals surface area (Å²) in [5.41, 5.74) is 1.01. The maximum atomic E-state index is 13.0. The van der Waals surface area contributed by atoms with Crippen molar-refractivity contribution in [2.75, 3.05) is 6.54 Å². The normalized spacial score (nSPS) is 18.0. The van der Waals surface area contributed by atoms with Gasteiger partial charge in [0.05, 0.1) is 12.6 Å². The monoisotopic (exact) mass is 331 g/mol. The molecule has 0 aliphatic carbocycles. The van der Waals surface area contributed by atoms with Gasteiger partial charge in [0.15, 0.2) is 5.82 Å². The molecule has 1 aliphatic rings. The second kappa shape index (κ2) is 7.09. The molecule has 1 saturated heterocycles. The molecule has 1 aromatic carbocycles. The molecule has 0 radical (unpaired) electrons. The lowest BCUT2D eigenvalue weighted by atomic mass is 10.1. The van der Waals surface area contributed by atoms with E-state index in [0.717, 1.165) is 36.6 Å². The van der Waals surface area contributed by atoms with Crippen molar-refractivity contribution in [1.82, 2.24) is 25.0 Å². The maximum Gasteiger partial charge on any atom is 0.237 e. The summed E-state index contributed by atoms with van der Waals surface area (Å²) in [7, 11) is 1.88. The van der Waals surface area contributed by atoms with Crippen LogP contribution in [0.4, 0.5) is 4.39 Å². The Morgan fingerprint density at radius 2 is 2.08 bits per heavy atom. The van der Waals surface area contributed by atoms with Gasteiger partial charge in [0.1, 0.15) is 11.6 Å². The molecule has 1 aliphatic heterocycles. The summed E-state index contributed by atoms with van der Waals surface area (Å²) < 4.78 is 14.9. The highest BCUT2D eigenvalue weighted by Gasteiger charge is 2.30. The summed E-state index contributed by atoms with van der Waals surface area (Å²) in [4.78, 5) is 14.7. The number of aromatic nitrogens is 3. The molecular formula is C17H22FN5O. The minimum Gasteiger partial charge on any atom is -0.347 e. The van der Waals surface area contributed by atoms with Crippen molar-refractivity contribution in [2.24, 2.45) is 7.05 Å². The average molecular weight is 331 g/mol. The van der Waals surface area contributed by atoms with Gasteiger partial charge >= 0.3 is 0 Å². The Balaban J connectivity index is 1.59. The molecule has 24 heavy (non-hydrogen) atoms. The first-order valence-electron chi connectivity index (χ1n) is 8.15. The molecule has 7 heteroatoms. The summed E-state index contributed by atoms with van der Waals surface area (Å²) >= 11 is 0. The molecule has 1 aromatic heterocycles. The summed E-state index contributed by atoms with van der Waals surface area (Å²) in [6.07, 6.45) is 1.83. The Bertz CT molecular complexity index is 712. The van der Waals surface area contributed by atoms with Crippen molar-refractivity contribution in [1.29, 1.82) is 0 Å². The van der Waals surface area contributed by atoms with E-state index in [4.69, 9.17) is 0 Å². The van der Waals surface area contributed by atoms with Crippen LogP contribution < -0.4 is 5.32 Å². The topological polar surface area (TPSA) is 63.1 Å². The molecule has 128 valence electrons. The third kappa shape index (κ3) is 3.62. The van der Waals surface area contributed by atoms with Crippen LogP contribution in [0.25, 0.3) is 0 Å². The van der Waals surface area contributed by atoms with Crippen molar-refractivity contribution < 1.29 is 9.18 Å². The molecule has 1 atom stereocenters. The van der Waals surface area contributed by atoms with Gasteiger partial charge < -0.3 is 9.88 Å². The van der Waals surface area contributed by atoms with Gasteiger partial charge in [-0.25, -0.2) is 4.39 Å². The van der Waals surface area contributed by atoms with E-state index >= 15 is 0 Å². The molecule has 0 bridgehead atoms. The standard InChI is InChI=1S/C17H22FN5O/c1-12-20-21-16(22(12)2)10-19-17(24)15-4-3-9-23(15)11-13-5-7-14(18)8-6-13/h5-8,15H,3-4,9-11H2,1-2H3,(H,19,24)/t15-/m1/s1. The zero-order valence-corrected chi connectivity index (χ0v) is 14.0. The highest BCUT2D eigenvalue weighted by Crippen LogP contribution is 2.20. The van der Waals surface area contributed by atoms with Crippen LogP contribution in [-0.2, 0) is 24.9 Å². The van der Waals surface area contributed by atoms with Gasteiger partial charge in [0.2, 0.25) is 5.91 Å². The number of carbonyl (C=O) groups excluding carboxylic acids is 1. The fourth-order valence-electron chi connectivity index (χ4n) is 3.03. The predicted octanol–water partition coefficient (Wildman–Crippen LogP) is 1.54. The van der Waals surface area contributed by atoms with Gasteiger partial charge in [-0.1, -0.05) is 12.1 Å². The molecular weight excluding hydrogens is 309 g/mol. The molecule has 2 aromatic rings. The zero-order chi connectivity index (χ0) is 17.1. The Hall–Kier alpha value is -2.28. The van der Waals surface area contributed by atoms with Gasteiger partial charge in [-0.15, -0.1) is 10.2 Å². The van der Waals surface area contributed by atoms with Crippen molar-refractivity contribution in [2.45, 2.75) is 38.9 Å². The number of hydrogen-bond acceptors (Lipinski definition) is 4. The van der Waals surface area contributed by atoms with Crippen LogP contribution in [0, 0.1) is 12.7 Å². The van der Waals surface area contributed by atoms with E-state index in [9.17, 15) is 9.18 Å². The number of likely N-dealkylation sites (tertiary alicyclic amines) is 1. The third-order valence-electron chi connectivity index (χ3n) is 4.57. The van der Waals surface area contributed by atoms with Crippen LogP contribution in [0.15, 0.2) is 24.3 Å². The lowest BCUT2D eigenvalue weighted by molar-refractivity contribution is -0.125. The first kappa shape index (κ1) is 16.6. The molecule has 1 amide bonds. The number of nitrogens with zero attached hydrogens (tertiary/aromatic N) is 4. The quantitative estimate of drug-likeness (QED) is 0.903. The molecule has 0 spiro atoms. The first-order valence-corrected chi connectivity index (χ1v) is 8.15. The molecule has 0 unspecified atom stereocenters.